The van der Waals surface area contributed by atoms with Gasteiger partial charge in [0, 0.05) is 25.0 Å². The van der Waals surface area contributed by atoms with Gasteiger partial charge in [-0.15, -0.1) is 11.3 Å². The lowest BCUT2D eigenvalue weighted by Crippen LogP contribution is -2.29. The van der Waals surface area contributed by atoms with Gasteiger partial charge in [-0.2, -0.15) is 11.8 Å². The first-order valence-electron chi connectivity index (χ1n) is 6.56. The monoisotopic (exact) mass is 287 g/mol. The first-order chi connectivity index (χ1) is 8.69. The number of thioether (sulfide) groups is 1. The molecule has 1 aromatic heterocycles. The summed E-state index contributed by atoms with van der Waals surface area (Å²) in [5, 5.41) is 6.69. The molecule has 0 saturated carbocycles. The highest BCUT2D eigenvalue weighted by Gasteiger charge is 2.13. The van der Waals surface area contributed by atoms with Crippen molar-refractivity contribution in [1.82, 2.24) is 10.3 Å². The summed E-state index contributed by atoms with van der Waals surface area (Å²) in [6, 6.07) is 0.556. The molecule has 18 heavy (non-hydrogen) atoms. The predicted molar refractivity (Wildman–Crippen MR) is 85.0 cm³/mol. The first-order valence-corrected chi connectivity index (χ1v) is 8.83. The summed E-state index contributed by atoms with van der Waals surface area (Å²) in [4.78, 5) is 6.98. The van der Waals surface area contributed by atoms with Crippen LogP contribution in [-0.4, -0.2) is 36.6 Å². The van der Waals surface area contributed by atoms with E-state index in [1.165, 1.54) is 18.6 Å². The summed E-state index contributed by atoms with van der Waals surface area (Å²) in [5.74, 6) is 1.21. The molecular formula is C13H25N3S2. The van der Waals surface area contributed by atoms with Crippen LogP contribution in [0.25, 0.3) is 0 Å². The van der Waals surface area contributed by atoms with E-state index in [1.807, 2.05) is 11.8 Å². The Morgan fingerprint density at radius 1 is 1.56 bits per heavy atom. The summed E-state index contributed by atoms with van der Waals surface area (Å²) in [7, 11) is 2.15. The van der Waals surface area contributed by atoms with Crippen molar-refractivity contribution in [3.8, 4) is 0 Å². The van der Waals surface area contributed by atoms with E-state index in [9.17, 15) is 0 Å². The first kappa shape index (κ1) is 15.8. The van der Waals surface area contributed by atoms with Crippen LogP contribution in [0.4, 0.5) is 5.13 Å². The van der Waals surface area contributed by atoms with Crippen LogP contribution in [0.5, 0.6) is 0 Å². The fourth-order valence-electron chi connectivity index (χ4n) is 1.60. The van der Waals surface area contributed by atoms with Crippen molar-refractivity contribution in [3.05, 3.63) is 11.1 Å². The smallest absolute Gasteiger partial charge is 0.185 e. The average molecular weight is 287 g/mol. The van der Waals surface area contributed by atoms with Gasteiger partial charge in [0.05, 0.1) is 5.69 Å². The summed E-state index contributed by atoms with van der Waals surface area (Å²) < 4.78 is 0. The minimum Gasteiger partial charge on any atom is -0.348 e. The van der Waals surface area contributed by atoms with Crippen molar-refractivity contribution in [2.75, 3.05) is 30.5 Å². The number of aromatic nitrogens is 1. The maximum atomic E-state index is 4.69. The minimum absolute atomic E-state index is 0.556. The Bertz CT molecular complexity index is 328. The van der Waals surface area contributed by atoms with E-state index < -0.39 is 0 Å². The second kappa shape index (κ2) is 8.77. The van der Waals surface area contributed by atoms with Crippen LogP contribution in [-0.2, 0) is 6.54 Å². The van der Waals surface area contributed by atoms with Crippen LogP contribution in [0.3, 0.4) is 0 Å². The molecule has 1 rings (SSSR count). The van der Waals surface area contributed by atoms with Gasteiger partial charge in [0.2, 0.25) is 0 Å². The number of hydrogen-bond acceptors (Lipinski definition) is 5. The standard InChI is InChI=1S/C13H25N3S2/c1-5-7-14-9-12-10-18-13(15-12)16(3)11(2)6-8-17-4/h10-11,14H,5-9H2,1-4H3. The molecule has 1 aromatic rings. The van der Waals surface area contributed by atoms with Crippen molar-refractivity contribution >= 4 is 28.2 Å². The topological polar surface area (TPSA) is 28.2 Å². The van der Waals surface area contributed by atoms with Gasteiger partial charge in [-0.05, 0) is 38.3 Å². The number of nitrogens with zero attached hydrogens (tertiary/aromatic N) is 2. The van der Waals surface area contributed by atoms with Gasteiger partial charge < -0.3 is 10.2 Å². The Morgan fingerprint density at radius 3 is 3.00 bits per heavy atom. The van der Waals surface area contributed by atoms with Gasteiger partial charge >= 0.3 is 0 Å². The lowest BCUT2D eigenvalue weighted by atomic mass is 10.2. The number of hydrogen-bond donors (Lipinski definition) is 1. The number of anilines is 1. The van der Waals surface area contributed by atoms with Crippen LogP contribution >= 0.6 is 23.1 Å². The molecule has 1 unspecified atom stereocenters. The molecule has 0 spiro atoms. The Kier molecular flexibility index (Phi) is 7.70. The molecule has 5 heteroatoms. The molecule has 1 N–H and O–H groups in total. The SMILES string of the molecule is CCCNCc1csc(N(C)C(C)CCSC)n1. The van der Waals surface area contributed by atoms with Gasteiger partial charge in [0.25, 0.3) is 0 Å². The zero-order valence-electron chi connectivity index (χ0n) is 11.9. The maximum absolute atomic E-state index is 4.69. The Labute approximate surface area is 119 Å². The van der Waals surface area contributed by atoms with Crippen LogP contribution < -0.4 is 10.2 Å². The highest BCUT2D eigenvalue weighted by atomic mass is 32.2. The second-order valence-electron chi connectivity index (χ2n) is 4.54. The molecular weight excluding hydrogens is 262 g/mol. The van der Waals surface area contributed by atoms with Crippen molar-refractivity contribution in [2.45, 2.75) is 39.3 Å². The highest BCUT2D eigenvalue weighted by Crippen LogP contribution is 2.22. The molecule has 0 saturated heterocycles. The molecule has 1 heterocycles. The van der Waals surface area contributed by atoms with E-state index in [2.05, 4.69) is 47.7 Å². The minimum atomic E-state index is 0.556. The number of rotatable bonds is 9. The van der Waals surface area contributed by atoms with E-state index >= 15 is 0 Å². The van der Waals surface area contributed by atoms with Crippen LogP contribution in [0.15, 0.2) is 5.38 Å². The zero-order valence-corrected chi connectivity index (χ0v) is 13.5. The molecule has 0 amide bonds. The molecule has 0 radical (unpaired) electrons. The predicted octanol–water partition coefficient (Wildman–Crippen LogP) is 3.22. The maximum Gasteiger partial charge on any atom is 0.185 e. The molecule has 0 aliphatic rings. The molecule has 0 aliphatic heterocycles. The Hall–Kier alpha value is -0.260. The molecule has 0 fully saturated rings. The van der Waals surface area contributed by atoms with Gasteiger partial charge in [-0.25, -0.2) is 4.98 Å². The lowest BCUT2D eigenvalue weighted by molar-refractivity contribution is 0.654. The lowest BCUT2D eigenvalue weighted by Gasteiger charge is -2.23. The van der Waals surface area contributed by atoms with Gasteiger partial charge in [0.15, 0.2) is 5.13 Å². The molecule has 1 atom stereocenters. The zero-order chi connectivity index (χ0) is 13.4. The number of thiazole rings is 1. The Morgan fingerprint density at radius 2 is 2.33 bits per heavy atom. The normalized spacial score (nSPS) is 12.7. The van der Waals surface area contributed by atoms with Crippen molar-refractivity contribution in [1.29, 1.82) is 0 Å². The molecule has 104 valence electrons. The summed E-state index contributed by atoms with van der Waals surface area (Å²) >= 11 is 3.65. The third-order valence-electron chi connectivity index (χ3n) is 2.98. The highest BCUT2D eigenvalue weighted by molar-refractivity contribution is 7.98. The quantitative estimate of drug-likeness (QED) is 0.706. The van der Waals surface area contributed by atoms with Gasteiger partial charge in [-0.3, -0.25) is 0 Å². The van der Waals surface area contributed by atoms with E-state index in [-0.39, 0.29) is 0 Å². The largest absolute Gasteiger partial charge is 0.348 e. The fraction of sp³-hybridized carbons (Fsp3) is 0.769. The second-order valence-corrected chi connectivity index (χ2v) is 6.36. The molecule has 0 bridgehead atoms. The van der Waals surface area contributed by atoms with Gasteiger partial charge in [-0.1, -0.05) is 6.92 Å². The Balaban J connectivity index is 2.45. The average Bonchev–Trinajstić information content (AvgIpc) is 2.84. The van der Waals surface area contributed by atoms with Crippen LogP contribution in [0.1, 0.15) is 32.4 Å². The van der Waals surface area contributed by atoms with E-state index in [0.29, 0.717) is 6.04 Å². The van der Waals surface area contributed by atoms with E-state index in [4.69, 9.17) is 0 Å². The molecule has 0 aromatic carbocycles. The number of nitrogens with one attached hydrogen (secondary N) is 1. The van der Waals surface area contributed by atoms with E-state index in [0.717, 1.165) is 23.9 Å². The molecule has 0 aliphatic carbocycles. The van der Waals surface area contributed by atoms with E-state index in [1.54, 1.807) is 11.3 Å². The van der Waals surface area contributed by atoms with Crippen molar-refractivity contribution in [2.24, 2.45) is 0 Å². The van der Waals surface area contributed by atoms with Crippen molar-refractivity contribution < 1.29 is 0 Å². The van der Waals surface area contributed by atoms with Crippen LogP contribution in [0, 0.1) is 0 Å². The van der Waals surface area contributed by atoms with Crippen LogP contribution in [0.2, 0.25) is 0 Å². The third-order valence-corrected chi connectivity index (χ3v) is 4.60. The van der Waals surface area contributed by atoms with Crippen molar-refractivity contribution in [3.63, 3.8) is 0 Å². The third kappa shape index (κ3) is 5.16. The summed E-state index contributed by atoms with van der Waals surface area (Å²) in [6.45, 7) is 6.40. The summed E-state index contributed by atoms with van der Waals surface area (Å²) in [5.41, 5.74) is 1.16. The summed E-state index contributed by atoms with van der Waals surface area (Å²) in [6.07, 6.45) is 4.54. The fourth-order valence-corrected chi connectivity index (χ4v) is 3.07. The van der Waals surface area contributed by atoms with Gasteiger partial charge in [0.1, 0.15) is 0 Å². The molecule has 3 nitrogen and oxygen atoms in total.